The van der Waals surface area contributed by atoms with Gasteiger partial charge in [-0.25, -0.2) is 0 Å². The van der Waals surface area contributed by atoms with Crippen molar-refractivity contribution in [2.24, 2.45) is 5.92 Å². The van der Waals surface area contributed by atoms with E-state index in [0.29, 0.717) is 5.38 Å². The normalized spacial score (nSPS) is 30.1. The van der Waals surface area contributed by atoms with E-state index in [4.69, 9.17) is 16.3 Å². The van der Waals surface area contributed by atoms with E-state index in [1.54, 1.807) is 5.57 Å². The molecule has 1 heterocycles. The van der Waals surface area contributed by atoms with Gasteiger partial charge in [-0.05, 0) is 44.4 Å². The number of ether oxygens (including phenoxy) is 1. The minimum Gasteiger partial charge on any atom is -0.381 e. The first kappa shape index (κ1) is 10.5. The summed E-state index contributed by atoms with van der Waals surface area (Å²) >= 11 is 6.13. The molecule has 1 aliphatic heterocycles. The SMILES string of the molecule is ClC1C=C(CC2CCOCC2)CCC1. The van der Waals surface area contributed by atoms with E-state index >= 15 is 0 Å². The molecule has 0 amide bonds. The standard InChI is InChI=1S/C12H19ClO/c13-12-3-1-2-11(9-12)8-10-4-6-14-7-5-10/h9-10,12H,1-8H2. The largest absolute Gasteiger partial charge is 0.381 e. The number of hydrogen-bond acceptors (Lipinski definition) is 1. The van der Waals surface area contributed by atoms with Crippen LogP contribution in [-0.2, 0) is 4.74 Å². The smallest absolute Gasteiger partial charge is 0.0518 e. The van der Waals surface area contributed by atoms with Gasteiger partial charge in [0, 0.05) is 13.2 Å². The molecule has 0 radical (unpaired) electrons. The quantitative estimate of drug-likeness (QED) is 0.505. The molecule has 1 atom stereocenters. The van der Waals surface area contributed by atoms with Gasteiger partial charge < -0.3 is 4.74 Å². The zero-order valence-electron chi connectivity index (χ0n) is 8.68. The Morgan fingerprint density at radius 3 is 2.79 bits per heavy atom. The van der Waals surface area contributed by atoms with Crippen LogP contribution in [0.4, 0.5) is 0 Å². The maximum absolute atomic E-state index is 6.13. The topological polar surface area (TPSA) is 9.23 Å². The van der Waals surface area contributed by atoms with Crippen LogP contribution in [0.5, 0.6) is 0 Å². The van der Waals surface area contributed by atoms with E-state index in [9.17, 15) is 0 Å². The number of allylic oxidation sites excluding steroid dienone is 2. The van der Waals surface area contributed by atoms with E-state index in [1.807, 2.05) is 0 Å². The minimum absolute atomic E-state index is 0.304. The summed E-state index contributed by atoms with van der Waals surface area (Å²) in [6.45, 7) is 1.92. The lowest BCUT2D eigenvalue weighted by Gasteiger charge is -2.25. The predicted octanol–water partition coefficient (Wildman–Crippen LogP) is 3.52. The highest BCUT2D eigenvalue weighted by Gasteiger charge is 2.18. The average Bonchev–Trinajstić information content (AvgIpc) is 2.19. The van der Waals surface area contributed by atoms with Crippen molar-refractivity contribution >= 4 is 11.6 Å². The van der Waals surface area contributed by atoms with Crippen LogP contribution in [0.25, 0.3) is 0 Å². The number of rotatable bonds is 2. The molecular weight excluding hydrogens is 196 g/mol. The fourth-order valence-corrected chi connectivity index (χ4v) is 2.77. The molecule has 1 fully saturated rings. The zero-order valence-corrected chi connectivity index (χ0v) is 9.43. The summed E-state index contributed by atoms with van der Waals surface area (Å²) in [4.78, 5) is 0. The maximum Gasteiger partial charge on any atom is 0.0518 e. The van der Waals surface area contributed by atoms with Gasteiger partial charge in [-0.1, -0.05) is 11.6 Å². The Morgan fingerprint density at radius 2 is 2.07 bits per heavy atom. The Balaban J connectivity index is 1.83. The lowest BCUT2D eigenvalue weighted by molar-refractivity contribution is 0.0662. The summed E-state index contributed by atoms with van der Waals surface area (Å²) in [7, 11) is 0. The van der Waals surface area contributed by atoms with Gasteiger partial charge in [-0.2, -0.15) is 0 Å². The van der Waals surface area contributed by atoms with Crippen LogP contribution in [0, 0.1) is 5.92 Å². The van der Waals surface area contributed by atoms with Gasteiger partial charge >= 0.3 is 0 Å². The van der Waals surface area contributed by atoms with Crippen LogP contribution >= 0.6 is 11.6 Å². The van der Waals surface area contributed by atoms with Crippen LogP contribution in [0.15, 0.2) is 11.6 Å². The third-order valence-electron chi connectivity index (χ3n) is 3.29. The average molecular weight is 215 g/mol. The molecular formula is C12H19ClO. The van der Waals surface area contributed by atoms with E-state index in [1.165, 1.54) is 38.5 Å². The molecule has 2 heteroatoms. The van der Waals surface area contributed by atoms with Crippen LogP contribution in [0.3, 0.4) is 0 Å². The van der Waals surface area contributed by atoms with Gasteiger partial charge in [0.1, 0.15) is 0 Å². The van der Waals surface area contributed by atoms with Gasteiger partial charge in [-0.15, -0.1) is 11.6 Å². The fraction of sp³-hybridized carbons (Fsp3) is 0.833. The number of halogens is 1. The zero-order chi connectivity index (χ0) is 9.80. The van der Waals surface area contributed by atoms with Crippen molar-refractivity contribution in [1.29, 1.82) is 0 Å². The monoisotopic (exact) mass is 214 g/mol. The van der Waals surface area contributed by atoms with Gasteiger partial charge in [0.2, 0.25) is 0 Å². The Morgan fingerprint density at radius 1 is 1.29 bits per heavy atom. The van der Waals surface area contributed by atoms with Gasteiger partial charge in [0.25, 0.3) is 0 Å². The van der Waals surface area contributed by atoms with Crippen molar-refractivity contribution < 1.29 is 4.74 Å². The second-order valence-corrected chi connectivity index (χ2v) is 5.05. The molecule has 1 saturated heterocycles. The third kappa shape index (κ3) is 2.99. The molecule has 1 aliphatic carbocycles. The summed E-state index contributed by atoms with van der Waals surface area (Å²) in [6.07, 6.45) is 9.77. The first-order chi connectivity index (χ1) is 6.84. The Bertz CT molecular complexity index is 206. The number of hydrogen-bond donors (Lipinski definition) is 0. The van der Waals surface area contributed by atoms with Crippen LogP contribution in [-0.4, -0.2) is 18.6 Å². The maximum atomic E-state index is 6.13. The summed E-state index contributed by atoms with van der Waals surface area (Å²) in [5, 5.41) is 0.304. The fourth-order valence-electron chi connectivity index (χ4n) is 2.44. The van der Waals surface area contributed by atoms with Crippen molar-refractivity contribution in [2.75, 3.05) is 13.2 Å². The Labute approximate surface area is 91.5 Å². The van der Waals surface area contributed by atoms with Crippen molar-refractivity contribution in [1.82, 2.24) is 0 Å². The lowest BCUT2D eigenvalue weighted by Crippen LogP contribution is -2.17. The van der Waals surface area contributed by atoms with E-state index in [-0.39, 0.29) is 0 Å². The minimum atomic E-state index is 0.304. The van der Waals surface area contributed by atoms with Gasteiger partial charge in [0.15, 0.2) is 0 Å². The molecule has 0 aromatic carbocycles. The van der Waals surface area contributed by atoms with Crippen LogP contribution < -0.4 is 0 Å². The van der Waals surface area contributed by atoms with Crippen molar-refractivity contribution in [3.63, 3.8) is 0 Å². The van der Waals surface area contributed by atoms with E-state index < -0.39 is 0 Å². The molecule has 2 aliphatic rings. The highest BCUT2D eigenvalue weighted by molar-refractivity contribution is 6.21. The third-order valence-corrected chi connectivity index (χ3v) is 3.63. The summed E-state index contributed by atoms with van der Waals surface area (Å²) < 4.78 is 5.36. The molecule has 0 N–H and O–H groups in total. The van der Waals surface area contributed by atoms with Crippen molar-refractivity contribution in [3.8, 4) is 0 Å². The molecule has 14 heavy (non-hydrogen) atoms. The summed E-state index contributed by atoms with van der Waals surface area (Å²) in [5.41, 5.74) is 1.60. The summed E-state index contributed by atoms with van der Waals surface area (Å²) in [5.74, 6) is 0.858. The summed E-state index contributed by atoms with van der Waals surface area (Å²) in [6, 6.07) is 0. The van der Waals surface area contributed by atoms with Gasteiger partial charge in [0.05, 0.1) is 5.38 Å². The predicted molar refractivity (Wildman–Crippen MR) is 59.7 cm³/mol. The van der Waals surface area contributed by atoms with Crippen molar-refractivity contribution in [3.05, 3.63) is 11.6 Å². The second-order valence-electron chi connectivity index (χ2n) is 4.49. The number of alkyl halides is 1. The molecule has 1 unspecified atom stereocenters. The first-order valence-electron chi connectivity index (χ1n) is 5.76. The van der Waals surface area contributed by atoms with Crippen molar-refractivity contribution in [2.45, 2.75) is 43.9 Å². The molecule has 0 spiro atoms. The Kier molecular flexibility index (Phi) is 3.89. The molecule has 0 aromatic rings. The molecule has 1 nitrogen and oxygen atoms in total. The Hall–Kier alpha value is -0.0100. The molecule has 0 saturated carbocycles. The van der Waals surface area contributed by atoms with E-state index in [2.05, 4.69) is 6.08 Å². The first-order valence-corrected chi connectivity index (χ1v) is 6.19. The second kappa shape index (κ2) is 5.18. The molecule has 0 aromatic heterocycles. The van der Waals surface area contributed by atoms with E-state index in [0.717, 1.165) is 19.1 Å². The molecule has 2 rings (SSSR count). The highest BCUT2D eigenvalue weighted by Crippen LogP contribution is 2.29. The van der Waals surface area contributed by atoms with Gasteiger partial charge in [-0.3, -0.25) is 0 Å². The molecule has 0 bridgehead atoms. The molecule has 80 valence electrons. The van der Waals surface area contributed by atoms with Crippen LogP contribution in [0.2, 0.25) is 0 Å². The lowest BCUT2D eigenvalue weighted by atomic mass is 9.87. The van der Waals surface area contributed by atoms with Crippen LogP contribution in [0.1, 0.15) is 38.5 Å². The highest BCUT2D eigenvalue weighted by atomic mass is 35.5.